The number of anilines is 6. The second kappa shape index (κ2) is 27.3. The van der Waals surface area contributed by atoms with Gasteiger partial charge in [0, 0.05) is 56.8 Å². The fraction of sp³-hybridized carbons (Fsp3) is 0.131. The molecule has 22 rings (SSSR count). The highest BCUT2D eigenvalue weighted by molar-refractivity contribution is 6.98. The maximum Gasteiger partial charge on any atom is 0.251 e. The van der Waals surface area contributed by atoms with Crippen molar-refractivity contribution in [3.63, 3.8) is 0 Å². The zero-order valence-electron chi connectivity index (χ0n) is 61.2. The molecule has 0 saturated carbocycles. The van der Waals surface area contributed by atoms with Crippen molar-refractivity contribution in [2.45, 2.75) is 72.6 Å². The quantitative estimate of drug-likeness (QED) is 0.0785. The van der Waals surface area contributed by atoms with E-state index in [1.54, 1.807) is 0 Å². The molecule has 0 saturated heterocycles. The zero-order chi connectivity index (χ0) is 73.2. The molecule has 6 aliphatic heterocycles. The number of carbonyl (C=O) groups is 2. The van der Waals surface area contributed by atoms with Crippen LogP contribution >= 0.6 is 0 Å². The largest absolute Gasteiger partial charge is 0.484 e. The third kappa shape index (κ3) is 11.3. The van der Waals surface area contributed by atoms with E-state index < -0.39 is 0 Å². The summed E-state index contributed by atoms with van der Waals surface area (Å²) in [5.74, 6) is 1.39. The van der Waals surface area contributed by atoms with E-state index >= 15 is 0 Å². The Labute approximate surface area is 647 Å². The first-order valence-corrected chi connectivity index (χ1v) is 38.6. The van der Waals surface area contributed by atoms with Gasteiger partial charge in [-0.15, -0.1) is 0 Å². The first-order valence-electron chi connectivity index (χ1n) is 38.6. The van der Waals surface area contributed by atoms with E-state index in [2.05, 4.69) is 286 Å². The number of fused-ring (bicyclic) bond motifs is 12. The Morgan fingerprint density at radius 2 is 0.784 bits per heavy atom. The Kier molecular flexibility index (Phi) is 16.5. The van der Waals surface area contributed by atoms with Gasteiger partial charge in [0.2, 0.25) is 6.71 Å². The molecule has 8 heterocycles. The summed E-state index contributed by atoms with van der Waals surface area (Å²) >= 11 is 0. The molecule has 0 spiro atoms. The molecular formula is C99H80B2N4O6. The lowest BCUT2D eigenvalue weighted by atomic mass is 9.36. The summed E-state index contributed by atoms with van der Waals surface area (Å²) in [5, 5.41) is 0. The summed E-state index contributed by atoms with van der Waals surface area (Å²) < 4.78 is 32.9. The molecule has 0 aliphatic carbocycles. The van der Waals surface area contributed by atoms with Crippen LogP contribution in [0.4, 0.5) is 34.1 Å². The molecule has 0 N–H and O–H groups in total. The van der Waals surface area contributed by atoms with Gasteiger partial charge in [0.15, 0.2) is 33.9 Å². The summed E-state index contributed by atoms with van der Waals surface area (Å²) in [6.07, 6.45) is 5.63. The van der Waals surface area contributed by atoms with Gasteiger partial charge >= 0.3 is 0 Å². The van der Waals surface area contributed by atoms with Crippen LogP contribution < -0.4 is 52.1 Å². The highest BCUT2D eigenvalue weighted by atomic mass is 16.5. The molecule has 2 aromatic heterocycles. The van der Waals surface area contributed by atoms with Crippen LogP contribution in [0.5, 0.6) is 11.5 Å². The smallest absolute Gasteiger partial charge is 0.251 e. The highest BCUT2D eigenvalue weighted by Gasteiger charge is 2.39. The number of ether oxygens (including phenoxy) is 2. The van der Waals surface area contributed by atoms with Gasteiger partial charge in [-0.3, -0.25) is 9.59 Å². The molecule has 12 heteroatoms. The van der Waals surface area contributed by atoms with Crippen LogP contribution in [0, 0.1) is 0 Å². The number of carbonyl (C=O) groups excluding carboxylic acids is 2. The van der Waals surface area contributed by atoms with Gasteiger partial charge in [-0.1, -0.05) is 268 Å². The Morgan fingerprint density at radius 3 is 1.31 bits per heavy atom. The van der Waals surface area contributed by atoms with E-state index in [1.165, 1.54) is 83.5 Å². The van der Waals surface area contributed by atoms with Crippen molar-refractivity contribution in [2.24, 2.45) is 0 Å². The average molecular weight is 1440 g/mol. The van der Waals surface area contributed by atoms with Gasteiger partial charge in [0.1, 0.15) is 24.7 Å². The fourth-order valence-electron chi connectivity index (χ4n) is 18.3. The Morgan fingerprint density at radius 1 is 0.369 bits per heavy atom. The normalized spacial score (nSPS) is 13.0. The molecular weight excluding hydrogens is 1360 g/mol. The van der Waals surface area contributed by atoms with E-state index in [1.807, 2.05) is 38.1 Å². The molecule has 10 nitrogen and oxygen atoms in total. The van der Waals surface area contributed by atoms with E-state index in [4.69, 9.17) is 18.3 Å². The monoisotopic (exact) mass is 1440 g/mol. The Bertz CT molecular complexity index is 6310. The van der Waals surface area contributed by atoms with Gasteiger partial charge in [-0.2, -0.15) is 0 Å². The third-order valence-electron chi connectivity index (χ3n) is 23.5. The predicted molar refractivity (Wildman–Crippen MR) is 455 cm³/mol. The van der Waals surface area contributed by atoms with E-state index in [0.29, 0.717) is 24.3 Å². The third-order valence-corrected chi connectivity index (χ3v) is 23.5. The van der Waals surface area contributed by atoms with Crippen LogP contribution in [0.1, 0.15) is 102 Å². The maximum absolute atomic E-state index is 13.3. The lowest BCUT2D eigenvalue weighted by Gasteiger charge is -2.39. The van der Waals surface area contributed by atoms with Crippen LogP contribution in [0.3, 0.4) is 0 Å². The zero-order valence-corrected chi connectivity index (χ0v) is 61.2. The molecule has 0 amide bonds. The molecule has 0 fully saturated rings. The van der Waals surface area contributed by atoms with Gasteiger partial charge in [-0.05, 0) is 152 Å². The minimum Gasteiger partial charge on any atom is -0.484 e. The minimum absolute atomic E-state index is 0. The van der Waals surface area contributed by atoms with Gasteiger partial charge in [0.05, 0.1) is 56.2 Å². The van der Waals surface area contributed by atoms with Crippen molar-refractivity contribution >= 4 is 136 Å². The van der Waals surface area contributed by atoms with Gasteiger partial charge in [-0.25, -0.2) is 0 Å². The van der Waals surface area contributed by atoms with Crippen molar-refractivity contribution in [1.82, 2.24) is 9.13 Å². The van der Waals surface area contributed by atoms with Crippen molar-refractivity contribution in [2.75, 3.05) is 23.0 Å². The van der Waals surface area contributed by atoms with Crippen LogP contribution in [0.2, 0.25) is 0 Å². The summed E-state index contributed by atoms with van der Waals surface area (Å²) in [6.45, 7) is 3.27. The number of ketones is 2. The number of hydrogen-bond acceptors (Lipinski definition) is 8. The van der Waals surface area contributed by atoms with Crippen LogP contribution in [-0.4, -0.2) is 47.3 Å². The van der Waals surface area contributed by atoms with Crippen LogP contribution in [-0.2, 0) is 48.1 Å². The number of benzene rings is 14. The SMILES string of the molecule is C.CCC(=O)COc1cccc2c1N1c3cc(B(c4ccccc4)c4ccccc4)c(OCC(=O)CC)c(c3)N3c4ccccc4Cc4ccc(cc43)Cc3ccc(c1c3)C2.[2HH].c1ccc(B(c2ccccc2)c2c3oc4cccc5c4n4c3cc3c2oc2cccc6c2n3-c2cc(ccc2C6)Cc2ccc(c-4c2)C5)cc1. The molecule has 538 valence electrons. The molecule has 12 bridgehead atoms. The highest BCUT2D eigenvalue weighted by Crippen LogP contribution is 2.54. The van der Waals surface area contributed by atoms with Crippen molar-refractivity contribution < 1.29 is 29.3 Å². The molecule has 0 radical (unpaired) electrons. The summed E-state index contributed by atoms with van der Waals surface area (Å²) in [6, 6.07) is 105. The van der Waals surface area contributed by atoms with Gasteiger partial charge in [0.25, 0.3) is 6.71 Å². The molecule has 0 atom stereocenters. The second-order valence-corrected chi connectivity index (χ2v) is 30.1. The predicted octanol–water partition coefficient (Wildman–Crippen LogP) is 18.9. The summed E-state index contributed by atoms with van der Waals surface area (Å²) in [7, 11) is 0. The van der Waals surface area contributed by atoms with Crippen molar-refractivity contribution in [3.8, 4) is 22.9 Å². The number of nitrogens with zero attached hydrogens (tertiary/aromatic N) is 4. The number of hydrogen-bond donors (Lipinski definition) is 0. The molecule has 111 heavy (non-hydrogen) atoms. The standard InChI is InChI=1S/C53H45BN2O4.C45H29BN2O2.CH4.H2/c1-3-44(57)33-59-51-21-13-15-40-30-39-25-23-35-26-36-22-24-38-29-37-14-11-12-20-47(37)56(49(38)28-36)50-32-43(55(52(40)51)48(39)27-35)31-46(53(50)60-34-45(58)4-2)54(41-16-7-5-8-17-41)42-18-9-6-10-19-42;1-3-11-33(12-4-1)46(34-13-5-2-6-14-34)41-44-37-26-38-45(41)50-40-16-8-10-32-25-30-20-18-28(23-36(30)48(38)43(32)40)21-27-17-19-29-24-31-9-7-15-39(49-44)42(31)47(37)35(29)22-27;;/h5-25,27-28,31-32H,3-4,26,29-30,33-34H2,1-2H3;1-20,22-23,26H,21,24-25H2;1H4;1H/i;;;1+1. The fourth-order valence-corrected chi connectivity index (χ4v) is 18.3. The lowest BCUT2D eigenvalue weighted by molar-refractivity contribution is -0.121. The Balaban J connectivity index is 0.000000150. The van der Waals surface area contributed by atoms with Crippen molar-refractivity contribution in [1.29, 1.82) is 0 Å². The molecule has 16 aromatic rings. The lowest BCUT2D eigenvalue weighted by Crippen LogP contribution is -2.52. The second-order valence-electron chi connectivity index (χ2n) is 30.1. The Hall–Kier alpha value is -13.1. The van der Waals surface area contributed by atoms with Gasteiger partial charge < -0.3 is 37.2 Å². The van der Waals surface area contributed by atoms with E-state index in [-0.39, 0.29) is 47.1 Å². The summed E-state index contributed by atoms with van der Waals surface area (Å²) in [5.41, 5.74) is 37.7. The van der Waals surface area contributed by atoms with Crippen LogP contribution in [0.25, 0.3) is 55.8 Å². The first-order chi connectivity index (χ1) is 54.2. The van der Waals surface area contributed by atoms with Crippen molar-refractivity contribution in [3.05, 3.63) is 358 Å². The molecule has 0 unspecified atom stereocenters. The van der Waals surface area contributed by atoms with Crippen LogP contribution in [0.15, 0.2) is 300 Å². The molecule has 6 aliphatic rings. The summed E-state index contributed by atoms with van der Waals surface area (Å²) in [4.78, 5) is 30.8. The van der Waals surface area contributed by atoms with E-state index in [0.717, 1.165) is 144 Å². The number of aromatic nitrogens is 2. The topological polar surface area (TPSA) is 95.2 Å². The number of rotatable bonds is 14. The van der Waals surface area contributed by atoms with E-state index in [9.17, 15) is 9.59 Å². The maximum atomic E-state index is 13.3. The minimum atomic E-state index is -0.264. The average Bonchev–Trinajstić information content (AvgIpc) is 0.687. The number of Topliss-reactive ketones (excluding diaryl/α,β-unsaturated/α-hetero) is 2. The number of para-hydroxylation sites is 4. The molecule has 14 aromatic carbocycles. The first kappa shape index (κ1) is 67.3.